The lowest BCUT2D eigenvalue weighted by Gasteiger charge is -2.18. The van der Waals surface area contributed by atoms with E-state index in [2.05, 4.69) is 10.4 Å². The molecule has 1 atom stereocenters. The smallest absolute Gasteiger partial charge is 0.328 e. The fourth-order valence-corrected chi connectivity index (χ4v) is 2.65. The lowest BCUT2D eigenvalue weighted by atomic mass is 10.1. The molecule has 0 fully saturated rings. The zero-order valence-electron chi connectivity index (χ0n) is 13.4. The number of fused-ring (bicyclic) bond motifs is 1. The molecule has 0 saturated carbocycles. The Morgan fingerprint density at radius 2 is 2.17 bits per heavy atom. The van der Waals surface area contributed by atoms with Crippen LogP contribution in [0, 0.1) is 0 Å². The number of carbonyl (C=O) groups excluding carboxylic acids is 2. The number of benzene rings is 1. The minimum atomic E-state index is -0.774. The molecule has 0 radical (unpaired) electrons. The molecule has 1 aromatic carbocycles. The van der Waals surface area contributed by atoms with Crippen LogP contribution in [0.1, 0.15) is 22.3 Å². The van der Waals surface area contributed by atoms with Gasteiger partial charge in [0.2, 0.25) is 5.88 Å². The van der Waals surface area contributed by atoms with Gasteiger partial charge in [0.25, 0.3) is 5.91 Å². The van der Waals surface area contributed by atoms with Gasteiger partial charge in [-0.25, -0.2) is 9.48 Å². The summed E-state index contributed by atoms with van der Waals surface area (Å²) in [5.74, 6) is -0.444. The van der Waals surface area contributed by atoms with Crippen molar-refractivity contribution in [1.29, 1.82) is 0 Å². The van der Waals surface area contributed by atoms with E-state index in [9.17, 15) is 9.59 Å². The van der Waals surface area contributed by atoms with E-state index >= 15 is 0 Å². The molecule has 1 aliphatic rings. The standard InChI is InChI=1S/C17H19N3O4/c1-23-17(22)14(10-12-6-3-2-4-7-12)19-15(21)13-11-18-20-8-5-9-24-16(13)20/h2-4,6-7,11,14H,5,8-10H2,1H3,(H,19,21)/t14-/m0/s1. The summed E-state index contributed by atoms with van der Waals surface area (Å²) in [4.78, 5) is 24.6. The van der Waals surface area contributed by atoms with Gasteiger partial charge < -0.3 is 14.8 Å². The minimum absolute atomic E-state index is 0.330. The van der Waals surface area contributed by atoms with Crippen LogP contribution >= 0.6 is 0 Å². The van der Waals surface area contributed by atoms with Gasteiger partial charge in [0.05, 0.1) is 19.9 Å². The van der Waals surface area contributed by atoms with Crippen molar-refractivity contribution >= 4 is 11.9 Å². The molecule has 24 heavy (non-hydrogen) atoms. The second-order valence-electron chi connectivity index (χ2n) is 5.53. The maximum Gasteiger partial charge on any atom is 0.328 e. The van der Waals surface area contributed by atoms with Crippen molar-refractivity contribution in [2.45, 2.75) is 25.4 Å². The SMILES string of the molecule is COC(=O)[C@H](Cc1ccccc1)NC(=O)c1cnn2c1OCCC2. The topological polar surface area (TPSA) is 82.5 Å². The van der Waals surface area contributed by atoms with Crippen LogP contribution in [0.3, 0.4) is 0 Å². The van der Waals surface area contributed by atoms with Gasteiger partial charge in [-0.3, -0.25) is 4.79 Å². The van der Waals surface area contributed by atoms with Gasteiger partial charge >= 0.3 is 5.97 Å². The highest BCUT2D eigenvalue weighted by molar-refractivity contribution is 5.98. The molecule has 0 aliphatic carbocycles. The van der Waals surface area contributed by atoms with Crippen LogP contribution in [0.4, 0.5) is 0 Å². The summed E-state index contributed by atoms with van der Waals surface area (Å²) in [5, 5.41) is 6.87. The molecule has 1 N–H and O–H groups in total. The van der Waals surface area contributed by atoms with Gasteiger partial charge in [0.15, 0.2) is 0 Å². The van der Waals surface area contributed by atoms with Crippen LogP contribution in [0.15, 0.2) is 36.5 Å². The molecule has 2 heterocycles. The highest BCUT2D eigenvalue weighted by Gasteiger charge is 2.27. The lowest BCUT2D eigenvalue weighted by molar-refractivity contribution is -0.142. The first-order valence-corrected chi connectivity index (χ1v) is 7.80. The summed E-state index contributed by atoms with van der Waals surface area (Å²) >= 11 is 0. The Kier molecular flexibility index (Phi) is 4.79. The Bertz CT molecular complexity index is 727. The first-order chi connectivity index (χ1) is 11.7. The number of aromatic nitrogens is 2. The Morgan fingerprint density at radius 3 is 2.92 bits per heavy atom. The number of hydrogen-bond donors (Lipinski definition) is 1. The second-order valence-corrected chi connectivity index (χ2v) is 5.53. The molecule has 1 aliphatic heterocycles. The van der Waals surface area contributed by atoms with Gasteiger partial charge in [0, 0.05) is 19.4 Å². The number of carbonyl (C=O) groups is 2. The van der Waals surface area contributed by atoms with E-state index in [0.29, 0.717) is 31.0 Å². The Morgan fingerprint density at radius 1 is 1.38 bits per heavy atom. The Labute approximate surface area is 139 Å². The Balaban J connectivity index is 1.76. The summed E-state index contributed by atoms with van der Waals surface area (Å²) in [6.07, 6.45) is 2.67. The van der Waals surface area contributed by atoms with Crippen molar-refractivity contribution in [3.8, 4) is 5.88 Å². The zero-order chi connectivity index (χ0) is 16.9. The predicted octanol–water partition coefficient (Wildman–Crippen LogP) is 1.18. The summed E-state index contributed by atoms with van der Waals surface area (Å²) in [5.41, 5.74) is 1.26. The van der Waals surface area contributed by atoms with Crippen LogP contribution in [0.2, 0.25) is 0 Å². The van der Waals surface area contributed by atoms with Gasteiger partial charge in [-0.05, 0) is 5.56 Å². The summed E-state index contributed by atoms with van der Waals surface area (Å²) in [6, 6.07) is 8.68. The molecule has 2 aromatic rings. The molecule has 7 nitrogen and oxygen atoms in total. The predicted molar refractivity (Wildman–Crippen MR) is 85.8 cm³/mol. The fourth-order valence-electron chi connectivity index (χ4n) is 2.65. The second kappa shape index (κ2) is 7.16. The zero-order valence-corrected chi connectivity index (χ0v) is 13.4. The average Bonchev–Trinajstić information content (AvgIpc) is 3.05. The van der Waals surface area contributed by atoms with Crippen LogP contribution in [-0.4, -0.2) is 41.4 Å². The number of nitrogens with zero attached hydrogens (tertiary/aromatic N) is 2. The summed E-state index contributed by atoms with van der Waals surface area (Å²) in [7, 11) is 1.30. The largest absolute Gasteiger partial charge is 0.477 e. The molecule has 1 amide bonds. The molecule has 0 spiro atoms. The van der Waals surface area contributed by atoms with Crippen molar-refractivity contribution in [2.75, 3.05) is 13.7 Å². The minimum Gasteiger partial charge on any atom is -0.477 e. The van der Waals surface area contributed by atoms with E-state index in [4.69, 9.17) is 9.47 Å². The van der Waals surface area contributed by atoms with Crippen molar-refractivity contribution in [3.05, 3.63) is 47.7 Å². The van der Waals surface area contributed by atoms with Crippen LogP contribution < -0.4 is 10.1 Å². The van der Waals surface area contributed by atoms with Gasteiger partial charge in [0.1, 0.15) is 11.6 Å². The van der Waals surface area contributed by atoms with E-state index < -0.39 is 17.9 Å². The molecule has 0 bridgehead atoms. The Hall–Kier alpha value is -2.83. The number of methoxy groups -OCH3 is 1. The van der Waals surface area contributed by atoms with Crippen LogP contribution in [0.5, 0.6) is 5.88 Å². The highest BCUT2D eigenvalue weighted by Crippen LogP contribution is 2.22. The third kappa shape index (κ3) is 3.40. The number of amides is 1. The number of rotatable bonds is 5. The number of hydrogen-bond acceptors (Lipinski definition) is 5. The number of esters is 1. The maximum atomic E-state index is 12.5. The normalized spacial score (nSPS) is 14.2. The maximum absolute atomic E-state index is 12.5. The van der Waals surface area contributed by atoms with Crippen molar-refractivity contribution in [1.82, 2.24) is 15.1 Å². The molecule has 126 valence electrons. The van der Waals surface area contributed by atoms with Gasteiger partial charge in [-0.2, -0.15) is 5.10 Å². The van der Waals surface area contributed by atoms with Crippen molar-refractivity contribution < 1.29 is 19.1 Å². The summed E-state index contributed by atoms with van der Waals surface area (Å²) in [6.45, 7) is 1.27. The molecule has 1 aromatic heterocycles. The number of aryl methyl sites for hydroxylation is 1. The molecule has 0 saturated heterocycles. The quantitative estimate of drug-likeness (QED) is 0.833. The van der Waals surface area contributed by atoms with E-state index in [1.807, 2.05) is 30.3 Å². The van der Waals surface area contributed by atoms with Crippen LogP contribution in [-0.2, 0) is 22.5 Å². The molecule has 3 rings (SSSR count). The van der Waals surface area contributed by atoms with Gasteiger partial charge in [-0.15, -0.1) is 0 Å². The highest BCUT2D eigenvalue weighted by atomic mass is 16.5. The third-order valence-corrected chi connectivity index (χ3v) is 3.86. The van der Waals surface area contributed by atoms with E-state index in [0.717, 1.165) is 12.0 Å². The van der Waals surface area contributed by atoms with E-state index in [1.165, 1.54) is 13.3 Å². The molecular weight excluding hydrogens is 310 g/mol. The van der Waals surface area contributed by atoms with Crippen LogP contribution in [0.25, 0.3) is 0 Å². The van der Waals surface area contributed by atoms with Crippen molar-refractivity contribution in [3.63, 3.8) is 0 Å². The van der Waals surface area contributed by atoms with E-state index in [1.54, 1.807) is 4.68 Å². The monoisotopic (exact) mass is 329 g/mol. The molecule has 0 unspecified atom stereocenters. The molecule has 7 heteroatoms. The molecular formula is C17H19N3O4. The van der Waals surface area contributed by atoms with E-state index in [-0.39, 0.29) is 0 Å². The average molecular weight is 329 g/mol. The number of ether oxygens (including phenoxy) is 2. The number of nitrogens with one attached hydrogen (secondary N) is 1. The first-order valence-electron chi connectivity index (χ1n) is 7.80. The summed E-state index contributed by atoms with van der Waals surface area (Å²) < 4.78 is 12.0. The third-order valence-electron chi connectivity index (χ3n) is 3.86. The fraction of sp³-hybridized carbons (Fsp3) is 0.353. The lowest BCUT2D eigenvalue weighted by Crippen LogP contribution is -2.43. The van der Waals surface area contributed by atoms with Gasteiger partial charge in [-0.1, -0.05) is 30.3 Å². The first kappa shape index (κ1) is 16.0. The van der Waals surface area contributed by atoms with Crippen molar-refractivity contribution in [2.24, 2.45) is 0 Å².